The molecule has 0 saturated heterocycles. The summed E-state index contributed by atoms with van der Waals surface area (Å²) in [6.07, 6.45) is 4.80. The second-order valence-electron chi connectivity index (χ2n) is 4.76. The summed E-state index contributed by atoms with van der Waals surface area (Å²) in [7, 11) is 0. The number of rotatable bonds is 1. The maximum absolute atomic E-state index is 11.8. The van der Waals surface area contributed by atoms with Crippen LogP contribution in [0.15, 0.2) is 57.1 Å². The van der Waals surface area contributed by atoms with Gasteiger partial charge in [-0.3, -0.25) is 14.9 Å². The molecule has 0 spiro atoms. The molecule has 1 aliphatic heterocycles. The number of hydrogen-bond acceptors (Lipinski definition) is 5. The number of nitriles is 1. The fourth-order valence-corrected chi connectivity index (χ4v) is 2.66. The normalized spacial score (nSPS) is 20.6. The van der Waals surface area contributed by atoms with Crippen LogP contribution in [0.5, 0.6) is 0 Å². The van der Waals surface area contributed by atoms with Crippen molar-refractivity contribution in [3.8, 4) is 6.07 Å². The Labute approximate surface area is 124 Å². The zero-order valence-corrected chi connectivity index (χ0v) is 11.4. The molecule has 104 valence electrons. The van der Waals surface area contributed by atoms with Gasteiger partial charge < -0.3 is 5.32 Å². The number of nitrogens with zero attached hydrogens (tertiary/aromatic N) is 2. The molecule has 1 N–H and O–H groups in total. The third-order valence-corrected chi connectivity index (χ3v) is 3.90. The molecule has 0 atom stereocenters. The number of nitrogens with one attached hydrogen (secondary N) is 1. The van der Waals surface area contributed by atoms with Gasteiger partial charge in [0.15, 0.2) is 5.78 Å². The van der Waals surface area contributed by atoms with E-state index < -0.39 is 4.92 Å². The fourth-order valence-electron chi connectivity index (χ4n) is 2.44. The highest BCUT2D eigenvalue weighted by Crippen LogP contribution is 2.37. The summed E-state index contributed by atoms with van der Waals surface area (Å²) >= 11 is 6.02. The lowest BCUT2D eigenvalue weighted by atomic mass is 9.87. The van der Waals surface area contributed by atoms with Gasteiger partial charge in [0.25, 0.3) is 5.70 Å². The van der Waals surface area contributed by atoms with Crippen molar-refractivity contribution < 1.29 is 9.72 Å². The smallest absolute Gasteiger partial charge is 0.250 e. The minimum absolute atomic E-state index is 0.0450. The van der Waals surface area contributed by atoms with E-state index in [1.54, 1.807) is 12.2 Å². The van der Waals surface area contributed by atoms with Crippen molar-refractivity contribution >= 4 is 17.4 Å². The van der Waals surface area contributed by atoms with E-state index in [0.29, 0.717) is 28.1 Å². The van der Waals surface area contributed by atoms with Gasteiger partial charge in [0, 0.05) is 29.3 Å². The van der Waals surface area contributed by atoms with Crippen LogP contribution in [0.2, 0.25) is 0 Å². The quantitative estimate of drug-likeness (QED) is 0.591. The SMILES string of the molecule is N#CC1=C2C=C3CC([N+](=O)[O-])=CC=C3NC2=C(Cl)C(=O)C1. The second kappa shape index (κ2) is 4.72. The van der Waals surface area contributed by atoms with Crippen LogP contribution in [0.25, 0.3) is 0 Å². The van der Waals surface area contributed by atoms with E-state index in [4.69, 9.17) is 16.9 Å². The Morgan fingerprint density at radius 1 is 1.38 bits per heavy atom. The van der Waals surface area contributed by atoms with Crippen LogP contribution in [0.4, 0.5) is 0 Å². The molecule has 0 aromatic heterocycles. The summed E-state index contributed by atoms with van der Waals surface area (Å²) in [6, 6.07) is 2.00. The van der Waals surface area contributed by atoms with Gasteiger partial charge in [-0.2, -0.15) is 5.26 Å². The first kappa shape index (κ1) is 13.3. The van der Waals surface area contributed by atoms with Gasteiger partial charge in [-0.05, 0) is 17.7 Å². The summed E-state index contributed by atoms with van der Waals surface area (Å²) < 4.78 is 0. The van der Waals surface area contributed by atoms with Crippen molar-refractivity contribution in [2.45, 2.75) is 12.8 Å². The van der Waals surface area contributed by atoms with Gasteiger partial charge in [0.05, 0.1) is 23.1 Å². The van der Waals surface area contributed by atoms with Gasteiger partial charge in [0.1, 0.15) is 5.03 Å². The molecule has 1 heterocycles. The number of hydrogen-bond donors (Lipinski definition) is 1. The lowest BCUT2D eigenvalue weighted by molar-refractivity contribution is -0.427. The second-order valence-corrected chi connectivity index (χ2v) is 5.14. The first-order chi connectivity index (χ1) is 10.0. The lowest BCUT2D eigenvalue weighted by Gasteiger charge is -2.28. The van der Waals surface area contributed by atoms with Gasteiger partial charge >= 0.3 is 0 Å². The van der Waals surface area contributed by atoms with Crippen LogP contribution in [0.1, 0.15) is 12.8 Å². The molecule has 3 aliphatic rings. The summed E-state index contributed by atoms with van der Waals surface area (Å²) in [4.78, 5) is 22.2. The molecule has 0 aromatic carbocycles. The van der Waals surface area contributed by atoms with Crippen LogP contribution in [0.3, 0.4) is 0 Å². The van der Waals surface area contributed by atoms with Crippen molar-refractivity contribution in [1.29, 1.82) is 5.26 Å². The predicted molar refractivity (Wildman–Crippen MR) is 74.1 cm³/mol. The zero-order valence-electron chi connectivity index (χ0n) is 10.6. The Balaban J connectivity index is 2.15. The summed E-state index contributed by atoms with van der Waals surface area (Å²) in [5.41, 5.74) is 2.70. The topological polar surface area (TPSA) is 96.0 Å². The highest BCUT2D eigenvalue weighted by Gasteiger charge is 2.32. The first-order valence-electron chi connectivity index (χ1n) is 6.11. The Morgan fingerprint density at radius 2 is 2.14 bits per heavy atom. The summed E-state index contributed by atoms with van der Waals surface area (Å²) in [5, 5.41) is 23.1. The van der Waals surface area contributed by atoms with Gasteiger partial charge in [0.2, 0.25) is 0 Å². The van der Waals surface area contributed by atoms with E-state index in [0.717, 1.165) is 0 Å². The largest absolute Gasteiger partial charge is 0.353 e. The number of nitro groups is 1. The molecule has 0 radical (unpaired) electrons. The molecule has 6 nitrogen and oxygen atoms in total. The molecular weight excluding hydrogens is 294 g/mol. The molecule has 0 aromatic rings. The minimum atomic E-state index is -0.434. The van der Waals surface area contributed by atoms with Gasteiger partial charge in [-0.15, -0.1) is 0 Å². The molecule has 0 fully saturated rings. The van der Waals surface area contributed by atoms with E-state index in [1.807, 2.05) is 6.07 Å². The number of carbonyl (C=O) groups excluding carboxylic acids is 1. The zero-order chi connectivity index (χ0) is 15.1. The van der Waals surface area contributed by atoms with Crippen LogP contribution < -0.4 is 5.32 Å². The Hall–Kier alpha value is -2.65. The van der Waals surface area contributed by atoms with E-state index in [2.05, 4.69) is 5.32 Å². The highest BCUT2D eigenvalue weighted by molar-refractivity contribution is 6.43. The first-order valence-corrected chi connectivity index (χ1v) is 6.49. The average Bonchev–Trinajstić information content (AvgIpc) is 2.48. The molecule has 7 heteroatoms. The van der Waals surface area contributed by atoms with Crippen LogP contribution >= 0.6 is 11.6 Å². The average molecular weight is 302 g/mol. The van der Waals surface area contributed by atoms with E-state index in [-0.39, 0.29) is 29.4 Å². The Bertz CT molecular complexity index is 791. The van der Waals surface area contributed by atoms with E-state index in [1.165, 1.54) is 6.08 Å². The lowest BCUT2D eigenvalue weighted by Crippen LogP contribution is -2.28. The van der Waals surface area contributed by atoms with Crippen molar-refractivity contribution in [2.75, 3.05) is 0 Å². The van der Waals surface area contributed by atoms with Gasteiger partial charge in [-0.25, -0.2) is 0 Å². The molecule has 3 rings (SSSR count). The van der Waals surface area contributed by atoms with E-state index in [9.17, 15) is 14.9 Å². The molecular formula is C14H8ClN3O3. The molecule has 0 bridgehead atoms. The maximum atomic E-state index is 11.8. The number of carbonyl (C=O) groups is 1. The van der Waals surface area contributed by atoms with Gasteiger partial charge in [-0.1, -0.05) is 11.6 Å². The van der Waals surface area contributed by atoms with Crippen molar-refractivity contribution in [2.24, 2.45) is 0 Å². The predicted octanol–water partition coefficient (Wildman–Crippen LogP) is 2.21. The van der Waals surface area contributed by atoms with Crippen molar-refractivity contribution in [1.82, 2.24) is 5.32 Å². The number of fused-ring (bicyclic) bond motifs is 2. The fraction of sp³-hybridized carbons (Fsp3) is 0.143. The number of Topliss-reactive ketones (excluding diaryl/α,β-unsaturated/α-hetero) is 1. The molecule has 21 heavy (non-hydrogen) atoms. The minimum Gasteiger partial charge on any atom is -0.353 e. The Morgan fingerprint density at radius 3 is 2.81 bits per heavy atom. The maximum Gasteiger partial charge on any atom is 0.250 e. The molecule has 0 unspecified atom stereocenters. The van der Waals surface area contributed by atoms with Crippen LogP contribution in [-0.2, 0) is 4.79 Å². The number of ketones is 1. The Kier molecular flexibility index (Phi) is 3.00. The van der Waals surface area contributed by atoms with Crippen molar-refractivity contribution in [3.05, 3.63) is 67.2 Å². The summed E-state index contributed by atoms with van der Waals surface area (Å²) in [6.45, 7) is 0. The molecule has 0 amide bonds. The third-order valence-electron chi connectivity index (χ3n) is 3.50. The molecule has 0 saturated carbocycles. The van der Waals surface area contributed by atoms with Crippen LogP contribution in [-0.4, -0.2) is 10.7 Å². The highest BCUT2D eigenvalue weighted by atomic mass is 35.5. The van der Waals surface area contributed by atoms with E-state index >= 15 is 0 Å². The van der Waals surface area contributed by atoms with Crippen LogP contribution in [0, 0.1) is 21.4 Å². The van der Waals surface area contributed by atoms with Crippen molar-refractivity contribution in [3.63, 3.8) is 0 Å². The number of allylic oxidation sites excluding steroid dienone is 7. The monoisotopic (exact) mass is 301 g/mol. The number of halogens is 1. The third kappa shape index (κ3) is 2.08. The molecule has 2 aliphatic carbocycles. The standard InChI is InChI=1S/C14H8ClN3O3/c15-13-12(19)5-8(6-16)10-4-7-3-9(18(20)21)1-2-11(7)17-14(10)13/h1-2,4,17H,3,5H2. The summed E-state index contributed by atoms with van der Waals surface area (Å²) in [5.74, 6) is -0.311.